The second-order valence-electron chi connectivity index (χ2n) is 5.64. The zero-order valence-electron chi connectivity index (χ0n) is 14.1. The fraction of sp³-hybridized carbons (Fsp3) is 0.471. The van der Waals surface area contributed by atoms with Gasteiger partial charge in [-0.25, -0.2) is 0 Å². The van der Waals surface area contributed by atoms with Gasteiger partial charge in [-0.15, -0.1) is 0 Å². The molecule has 0 aliphatic rings. The number of nitrogens with one attached hydrogen (secondary N) is 2. The van der Waals surface area contributed by atoms with Crippen LogP contribution in [0.25, 0.3) is 0 Å². The lowest BCUT2D eigenvalue weighted by atomic mass is 9.98. The van der Waals surface area contributed by atoms with Gasteiger partial charge >= 0.3 is 5.97 Å². The molecule has 0 radical (unpaired) electrons. The summed E-state index contributed by atoms with van der Waals surface area (Å²) in [7, 11) is 0. The number of rotatable bonds is 7. The molecule has 0 fully saturated rings. The lowest BCUT2D eigenvalue weighted by Crippen LogP contribution is -2.26. The summed E-state index contributed by atoms with van der Waals surface area (Å²) in [6, 6.07) is 5.83. The Kier molecular flexibility index (Phi) is 7.25. The van der Waals surface area contributed by atoms with Crippen LogP contribution in [0.1, 0.15) is 44.2 Å². The van der Waals surface area contributed by atoms with Crippen molar-refractivity contribution in [2.45, 2.75) is 40.0 Å². The van der Waals surface area contributed by atoms with Crippen LogP contribution in [0, 0.1) is 6.92 Å². The molecule has 0 atom stereocenters. The number of para-hydroxylation sites is 1. The summed E-state index contributed by atoms with van der Waals surface area (Å²) < 4.78 is 4.90. The number of amides is 2. The maximum atomic E-state index is 12.0. The molecule has 0 aromatic heterocycles. The van der Waals surface area contributed by atoms with Gasteiger partial charge in [-0.2, -0.15) is 0 Å². The third-order valence-electron chi connectivity index (χ3n) is 3.26. The zero-order valence-corrected chi connectivity index (χ0v) is 14.1. The number of carbonyl (C=O) groups excluding carboxylic acids is 3. The van der Waals surface area contributed by atoms with Crippen LogP contribution >= 0.6 is 0 Å². The van der Waals surface area contributed by atoms with Gasteiger partial charge in [-0.05, 0) is 24.0 Å². The molecule has 0 bridgehead atoms. The fourth-order valence-corrected chi connectivity index (χ4v) is 2.08. The number of ether oxygens (including phenoxy) is 1. The average molecular weight is 320 g/mol. The minimum Gasteiger partial charge on any atom is -0.456 e. The largest absolute Gasteiger partial charge is 0.456 e. The van der Waals surface area contributed by atoms with Crippen molar-refractivity contribution in [3.63, 3.8) is 0 Å². The van der Waals surface area contributed by atoms with Gasteiger partial charge in [0.2, 0.25) is 5.91 Å². The first kappa shape index (κ1) is 18.7. The van der Waals surface area contributed by atoms with Crippen LogP contribution in [0.15, 0.2) is 18.2 Å². The molecule has 0 aliphatic carbocycles. The fourth-order valence-electron chi connectivity index (χ4n) is 2.08. The van der Waals surface area contributed by atoms with Crippen molar-refractivity contribution in [1.82, 2.24) is 5.32 Å². The molecule has 2 N–H and O–H groups in total. The van der Waals surface area contributed by atoms with Gasteiger partial charge in [0, 0.05) is 19.2 Å². The number of benzene rings is 1. The number of esters is 1. The first-order valence-corrected chi connectivity index (χ1v) is 7.60. The van der Waals surface area contributed by atoms with E-state index in [-0.39, 0.29) is 37.3 Å². The first-order chi connectivity index (χ1) is 10.8. The Morgan fingerprint density at radius 2 is 1.91 bits per heavy atom. The maximum Gasteiger partial charge on any atom is 0.308 e. The van der Waals surface area contributed by atoms with Gasteiger partial charge in [-0.3, -0.25) is 14.4 Å². The molecular weight excluding hydrogens is 296 g/mol. The highest BCUT2D eigenvalue weighted by Crippen LogP contribution is 2.27. The molecular formula is C17H24N2O4. The van der Waals surface area contributed by atoms with Crippen molar-refractivity contribution in [2.24, 2.45) is 0 Å². The normalized spacial score (nSPS) is 10.3. The topological polar surface area (TPSA) is 84.5 Å². The molecule has 0 unspecified atom stereocenters. The molecule has 2 amide bonds. The van der Waals surface area contributed by atoms with Crippen molar-refractivity contribution in [2.75, 3.05) is 18.5 Å². The van der Waals surface area contributed by atoms with Crippen LogP contribution in [-0.4, -0.2) is 30.9 Å². The van der Waals surface area contributed by atoms with E-state index in [1.165, 1.54) is 6.92 Å². The number of hydrogen-bond donors (Lipinski definition) is 2. The number of anilines is 1. The lowest BCUT2D eigenvalue weighted by molar-refractivity contribution is -0.147. The first-order valence-electron chi connectivity index (χ1n) is 7.60. The van der Waals surface area contributed by atoms with Gasteiger partial charge < -0.3 is 15.4 Å². The molecule has 23 heavy (non-hydrogen) atoms. The monoisotopic (exact) mass is 320 g/mol. The van der Waals surface area contributed by atoms with E-state index in [1.807, 2.05) is 39.0 Å². The molecule has 126 valence electrons. The van der Waals surface area contributed by atoms with E-state index in [0.29, 0.717) is 0 Å². The minimum atomic E-state index is -0.525. The van der Waals surface area contributed by atoms with Gasteiger partial charge in [0.1, 0.15) is 0 Å². The van der Waals surface area contributed by atoms with Crippen molar-refractivity contribution >= 4 is 23.5 Å². The average Bonchev–Trinajstić information content (AvgIpc) is 2.46. The molecule has 0 heterocycles. The van der Waals surface area contributed by atoms with Crippen molar-refractivity contribution in [3.05, 3.63) is 29.3 Å². The van der Waals surface area contributed by atoms with Crippen LogP contribution in [0.2, 0.25) is 0 Å². The van der Waals surface area contributed by atoms with Gasteiger partial charge in [0.15, 0.2) is 6.61 Å². The van der Waals surface area contributed by atoms with Gasteiger partial charge in [0.05, 0.1) is 6.42 Å². The van der Waals surface area contributed by atoms with Crippen LogP contribution in [0.3, 0.4) is 0 Å². The molecule has 0 saturated heterocycles. The molecule has 0 spiro atoms. The van der Waals surface area contributed by atoms with E-state index in [0.717, 1.165) is 16.8 Å². The summed E-state index contributed by atoms with van der Waals surface area (Å²) >= 11 is 0. The molecule has 1 rings (SSSR count). The van der Waals surface area contributed by atoms with E-state index in [2.05, 4.69) is 10.6 Å². The zero-order chi connectivity index (χ0) is 17.4. The summed E-state index contributed by atoms with van der Waals surface area (Å²) in [4.78, 5) is 34.1. The van der Waals surface area contributed by atoms with Gasteiger partial charge in [0.25, 0.3) is 5.91 Å². The number of hydrogen-bond acceptors (Lipinski definition) is 4. The highest BCUT2D eigenvalue weighted by molar-refractivity contribution is 5.94. The van der Waals surface area contributed by atoms with E-state index >= 15 is 0 Å². The second kappa shape index (κ2) is 8.92. The maximum absolute atomic E-state index is 12.0. The number of aryl methyl sites for hydroxylation is 1. The smallest absolute Gasteiger partial charge is 0.308 e. The summed E-state index contributed by atoms with van der Waals surface area (Å²) in [5, 5.41) is 5.29. The molecule has 0 aliphatic heterocycles. The minimum absolute atomic E-state index is 0.0362. The van der Waals surface area contributed by atoms with E-state index in [1.54, 1.807) is 0 Å². The van der Waals surface area contributed by atoms with Crippen LogP contribution in [-0.2, 0) is 19.1 Å². The molecule has 6 nitrogen and oxygen atoms in total. The molecule has 6 heteroatoms. The van der Waals surface area contributed by atoms with E-state index in [4.69, 9.17) is 4.74 Å². The number of carbonyl (C=O) groups is 3. The summed E-state index contributed by atoms with van der Waals surface area (Å²) in [6.45, 7) is 7.24. The third kappa shape index (κ3) is 6.50. The Labute approximate surface area is 136 Å². The third-order valence-corrected chi connectivity index (χ3v) is 3.26. The molecule has 1 aromatic rings. The summed E-state index contributed by atoms with van der Waals surface area (Å²) in [5.41, 5.74) is 2.76. The Bertz CT molecular complexity index is 582. The predicted octanol–water partition coefficient (Wildman–Crippen LogP) is 2.13. The molecule has 0 saturated carbocycles. The highest BCUT2D eigenvalue weighted by atomic mass is 16.5. The quantitative estimate of drug-likeness (QED) is 0.754. The van der Waals surface area contributed by atoms with Crippen LogP contribution in [0.5, 0.6) is 0 Å². The van der Waals surface area contributed by atoms with Crippen LogP contribution < -0.4 is 10.6 Å². The second-order valence-corrected chi connectivity index (χ2v) is 5.64. The molecule has 1 aromatic carbocycles. The van der Waals surface area contributed by atoms with Crippen molar-refractivity contribution in [3.8, 4) is 0 Å². The Balaban J connectivity index is 2.51. The van der Waals surface area contributed by atoms with Crippen molar-refractivity contribution < 1.29 is 19.1 Å². The Morgan fingerprint density at radius 1 is 1.22 bits per heavy atom. The van der Waals surface area contributed by atoms with E-state index < -0.39 is 5.97 Å². The Morgan fingerprint density at radius 3 is 2.52 bits per heavy atom. The van der Waals surface area contributed by atoms with Gasteiger partial charge in [-0.1, -0.05) is 32.0 Å². The van der Waals surface area contributed by atoms with E-state index in [9.17, 15) is 14.4 Å². The predicted molar refractivity (Wildman–Crippen MR) is 88.2 cm³/mol. The van der Waals surface area contributed by atoms with Crippen molar-refractivity contribution in [1.29, 1.82) is 0 Å². The highest BCUT2D eigenvalue weighted by Gasteiger charge is 2.13. The summed E-state index contributed by atoms with van der Waals surface area (Å²) in [5.74, 6) is -0.849. The standard InChI is InChI=1S/C17H24N2O4/c1-11(2)14-7-5-6-12(3)17(14)19-15(21)10-23-16(22)8-9-18-13(4)20/h5-7,11H,8-10H2,1-4H3,(H,18,20)(H,19,21). The summed E-state index contributed by atoms with van der Waals surface area (Å²) in [6.07, 6.45) is 0.0362. The Hall–Kier alpha value is -2.37. The van der Waals surface area contributed by atoms with Crippen LogP contribution in [0.4, 0.5) is 5.69 Å². The lowest BCUT2D eigenvalue weighted by Gasteiger charge is -2.16. The SMILES string of the molecule is CC(=O)NCCC(=O)OCC(=O)Nc1c(C)cccc1C(C)C.